The first-order valence-corrected chi connectivity index (χ1v) is 11.1. The molecule has 0 radical (unpaired) electrons. The molecule has 2 atom stereocenters. The summed E-state index contributed by atoms with van der Waals surface area (Å²) in [6.07, 6.45) is 3.72. The van der Waals surface area contributed by atoms with Gasteiger partial charge in [0.05, 0.1) is 18.7 Å². The molecule has 3 aliphatic heterocycles. The smallest absolute Gasteiger partial charge is 0.276 e. The van der Waals surface area contributed by atoms with E-state index in [9.17, 15) is 32.7 Å². The van der Waals surface area contributed by atoms with E-state index in [1.54, 1.807) is 4.90 Å². The first kappa shape index (κ1) is 22.5. The SMILES string of the molecule is C[C@@H](NC(=O)c1cn2c(c(O)c1=O)C(=O)N1[C@H]3CC[C@@H](CC3)O[C@@H]1C2)c1c(F)cc(F)cc1F. The van der Waals surface area contributed by atoms with Crippen LogP contribution in [0.2, 0.25) is 0 Å². The average Bonchev–Trinajstić information content (AvgIpc) is 3.04. The van der Waals surface area contributed by atoms with Gasteiger partial charge in [0.1, 0.15) is 23.0 Å². The molecule has 6 rings (SSSR count). The number of fused-ring (bicyclic) bond motifs is 3. The van der Waals surface area contributed by atoms with Gasteiger partial charge < -0.3 is 24.6 Å². The Bertz CT molecular complexity index is 1230. The van der Waals surface area contributed by atoms with Crippen LogP contribution in [0.1, 0.15) is 65.1 Å². The molecule has 1 aromatic heterocycles. The maximum absolute atomic E-state index is 14.1. The summed E-state index contributed by atoms with van der Waals surface area (Å²) in [7, 11) is 0. The molecule has 1 aromatic carbocycles. The second-order valence-corrected chi connectivity index (χ2v) is 8.93. The highest BCUT2D eigenvalue weighted by atomic mass is 19.1. The van der Waals surface area contributed by atoms with E-state index >= 15 is 0 Å². The zero-order chi connectivity index (χ0) is 24.3. The van der Waals surface area contributed by atoms with Crippen LogP contribution < -0.4 is 10.7 Å². The van der Waals surface area contributed by atoms with E-state index in [-0.39, 0.29) is 24.4 Å². The third kappa shape index (κ3) is 3.54. The Morgan fingerprint density at radius 3 is 2.44 bits per heavy atom. The van der Waals surface area contributed by atoms with Gasteiger partial charge in [-0.05, 0) is 32.6 Å². The van der Waals surface area contributed by atoms with Gasteiger partial charge in [-0.3, -0.25) is 14.4 Å². The Balaban J connectivity index is 1.47. The molecule has 11 heteroatoms. The fourth-order valence-corrected chi connectivity index (χ4v) is 5.19. The predicted octanol–water partition coefficient (Wildman–Crippen LogP) is 2.59. The number of hydrogen-bond acceptors (Lipinski definition) is 5. The minimum absolute atomic E-state index is 0.0118. The van der Waals surface area contributed by atoms with Crippen molar-refractivity contribution in [3.05, 3.63) is 62.8 Å². The molecule has 4 heterocycles. The Kier molecular flexibility index (Phi) is 5.38. The van der Waals surface area contributed by atoms with Crippen molar-refractivity contribution in [2.75, 3.05) is 0 Å². The monoisotopic (exact) mass is 477 g/mol. The molecule has 180 valence electrons. The van der Waals surface area contributed by atoms with Crippen molar-refractivity contribution >= 4 is 11.8 Å². The maximum atomic E-state index is 14.1. The van der Waals surface area contributed by atoms with Crippen LogP contribution in [0.15, 0.2) is 23.1 Å². The van der Waals surface area contributed by atoms with Crippen LogP contribution in [0.4, 0.5) is 13.2 Å². The summed E-state index contributed by atoms with van der Waals surface area (Å²) in [4.78, 5) is 40.4. The highest BCUT2D eigenvalue weighted by Crippen LogP contribution is 2.37. The zero-order valence-corrected chi connectivity index (χ0v) is 18.2. The largest absolute Gasteiger partial charge is 0.503 e. The lowest BCUT2D eigenvalue weighted by Crippen LogP contribution is -2.53. The highest BCUT2D eigenvalue weighted by molar-refractivity contribution is 5.99. The fraction of sp³-hybridized carbons (Fsp3) is 0.435. The first-order chi connectivity index (χ1) is 16.2. The Morgan fingerprint density at radius 2 is 1.79 bits per heavy atom. The number of aromatic nitrogens is 1. The van der Waals surface area contributed by atoms with Gasteiger partial charge >= 0.3 is 0 Å². The van der Waals surface area contributed by atoms with Crippen LogP contribution in [0.5, 0.6) is 5.75 Å². The number of halogens is 3. The molecule has 0 unspecified atom stereocenters. The first-order valence-electron chi connectivity index (χ1n) is 11.1. The predicted molar refractivity (Wildman–Crippen MR) is 112 cm³/mol. The van der Waals surface area contributed by atoms with Gasteiger partial charge in [-0.15, -0.1) is 0 Å². The minimum Gasteiger partial charge on any atom is -0.503 e. The fourth-order valence-electron chi connectivity index (χ4n) is 5.19. The van der Waals surface area contributed by atoms with Crippen LogP contribution >= 0.6 is 0 Å². The van der Waals surface area contributed by atoms with Gasteiger partial charge in [0, 0.05) is 29.9 Å². The van der Waals surface area contributed by atoms with Gasteiger partial charge in [-0.25, -0.2) is 13.2 Å². The highest BCUT2D eigenvalue weighted by Gasteiger charge is 2.45. The number of hydrogen-bond donors (Lipinski definition) is 2. The Morgan fingerprint density at radius 1 is 1.15 bits per heavy atom. The molecule has 1 aliphatic carbocycles. The second-order valence-electron chi connectivity index (χ2n) is 8.93. The van der Waals surface area contributed by atoms with Crippen molar-refractivity contribution in [1.82, 2.24) is 14.8 Å². The summed E-state index contributed by atoms with van der Waals surface area (Å²) in [6, 6.07) is -0.340. The lowest BCUT2D eigenvalue weighted by atomic mass is 9.92. The Labute approximate surface area is 191 Å². The summed E-state index contributed by atoms with van der Waals surface area (Å²) in [5, 5.41) is 12.9. The number of pyridine rings is 1. The lowest BCUT2D eigenvalue weighted by molar-refractivity contribution is -0.0799. The van der Waals surface area contributed by atoms with Gasteiger partial charge in [0.15, 0.2) is 17.7 Å². The van der Waals surface area contributed by atoms with Crippen LogP contribution in [-0.4, -0.2) is 44.8 Å². The van der Waals surface area contributed by atoms with Crippen molar-refractivity contribution in [3.8, 4) is 5.75 Å². The van der Waals surface area contributed by atoms with Crippen LogP contribution in [0.3, 0.4) is 0 Å². The Hall–Kier alpha value is -3.34. The number of ether oxygens (including phenoxy) is 1. The number of carbonyl (C=O) groups is 2. The van der Waals surface area contributed by atoms with E-state index in [1.807, 2.05) is 0 Å². The van der Waals surface area contributed by atoms with E-state index in [2.05, 4.69) is 5.32 Å². The number of nitrogens with zero attached hydrogens (tertiary/aromatic N) is 2. The minimum atomic E-state index is -1.26. The van der Waals surface area contributed by atoms with Gasteiger partial charge in [0.25, 0.3) is 11.8 Å². The van der Waals surface area contributed by atoms with Crippen molar-refractivity contribution < 1.29 is 32.6 Å². The molecule has 2 amide bonds. The molecule has 4 aliphatic rings. The van der Waals surface area contributed by atoms with E-state index in [4.69, 9.17) is 4.74 Å². The van der Waals surface area contributed by atoms with Crippen molar-refractivity contribution in [2.24, 2.45) is 0 Å². The quantitative estimate of drug-likeness (QED) is 0.708. The molecule has 34 heavy (non-hydrogen) atoms. The van der Waals surface area contributed by atoms with Crippen molar-refractivity contribution in [1.29, 1.82) is 0 Å². The standard InChI is InChI=1S/C23H22F3N3O5/c1-10(18-15(25)6-11(24)7-16(18)26)27-22(32)14-8-28-9-17-29(12-2-4-13(34-17)5-3-12)23(33)19(28)21(31)20(14)30/h6-8,10,12-13,17,31H,2-5,9H2,1H3,(H,27,32)/t10-,12-,13-,17-/m1/s1. The lowest BCUT2D eigenvalue weighted by Gasteiger charge is -2.39. The second kappa shape index (κ2) is 8.15. The summed E-state index contributed by atoms with van der Waals surface area (Å²) in [5.74, 6) is -5.93. The van der Waals surface area contributed by atoms with E-state index < -0.39 is 63.8 Å². The topological polar surface area (TPSA) is 101 Å². The van der Waals surface area contributed by atoms with Crippen LogP contribution in [0.25, 0.3) is 0 Å². The molecule has 2 N–H and O–H groups in total. The van der Waals surface area contributed by atoms with E-state index in [1.165, 1.54) is 11.5 Å². The third-order valence-electron chi connectivity index (χ3n) is 6.81. The normalized spacial score (nSPS) is 24.3. The number of carbonyl (C=O) groups excluding carboxylic acids is 2. The molecule has 2 bridgehead atoms. The summed E-state index contributed by atoms with van der Waals surface area (Å²) in [5.41, 5.74) is -2.39. The van der Waals surface area contributed by atoms with E-state index in [0.717, 1.165) is 31.9 Å². The number of benzene rings is 1. The third-order valence-corrected chi connectivity index (χ3v) is 6.81. The van der Waals surface area contributed by atoms with Crippen LogP contribution in [-0.2, 0) is 11.3 Å². The zero-order valence-electron chi connectivity index (χ0n) is 18.2. The van der Waals surface area contributed by atoms with E-state index in [0.29, 0.717) is 12.1 Å². The molecule has 8 nitrogen and oxygen atoms in total. The van der Waals surface area contributed by atoms with Crippen molar-refractivity contribution in [3.63, 3.8) is 0 Å². The van der Waals surface area contributed by atoms with Crippen LogP contribution in [0, 0.1) is 17.5 Å². The van der Waals surface area contributed by atoms with Gasteiger partial charge in [-0.1, -0.05) is 0 Å². The number of rotatable bonds is 3. The number of amides is 2. The average molecular weight is 477 g/mol. The van der Waals surface area contributed by atoms with Crippen molar-refractivity contribution in [2.45, 2.75) is 63.6 Å². The number of aromatic hydroxyl groups is 1. The van der Waals surface area contributed by atoms with Gasteiger partial charge in [-0.2, -0.15) is 0 Å². The molecule has 1 saturated carbocycles. The molecule has 0 spiro atoms. The van der Waals surface area contributed by atoms with Gasteiger partial charge in [0.2, 0.25) is 5.43 Å². The summed E-state index contributed by atoms with van der Waals surface area (Å²) in [6.45, 7) is 1.38. The molecular formula is C23H22F3N3O5. The molecule has 3 fully saturated rings. The number of nitrogens with one attached hydrogen (secondary N) is 1. The molecule has 2 aromatic rings. The maximum Gasteiger partial charge on any atom is 0.276 e. The summed E-state index contributed by atoms with van der Waals surface area (Å²) >= 11 is 0. The summed E-state index contributed by atoms with van der Waals surface area (Å²) < 4.78 is 48.8. The molecular weight excluding hydrogens is 455 g/mol. The molecule has 2 saturated heterocycles.